The second-order valence-corrected chi connectivity index (χ2v) is 15.8. The minimum Gasteiger partial charge on any atom is -0.372 e. The lowest BCUT2D eigenvalue weighted by molar-refractivity contribution is -0.136. The van der Waals surface area contributed by atoms with Gasteiger partial charge in [0, 0.05) is 61.5 Å². The smallest absolute Gasteiger partial charge is 0.255 e. The summed E-state index contributed by atoms with van der Waals surface area (Å²) in [5.74, 6) is 0.684. The van der Waals surface area contributed by atoms with E-state index in [1.807, 2.05) is 29.1 Å². The number of carbonyl (C=O) groups excluding carboxylic acids is 3. The minimum absolute atomic E-state index is 0.151. The zero-order chi connectivity index (χ0) is 36.8. The molecule has 1 unspecified atom stereocenters. The zero-order valence-electron chi connectivity index (χ0n) is 30.9. The van der Waals surface area contributed by atoms with Gasteiger partial charge in [-0.15, -0.1) is 0 Å². The Hall–Kier alpha value is -5.50. The Morgan fingerprint density at radius 3 is 2.39 bits per heavy atom. The fourth-order valence-corrected chi connectivity index (χ4v) is 9.50. The van der Waals surface area contributed by atoms with Crippen LogP contribution in [0.15, 0.2) is 103 Å². The van der Waals surface area contributed by atoms with Crippen molar-refractivity contribution in [1.29, 1.82) is 0 Å². The molecule has 3 atom stereocenters. The summed E-state index contributed by atoms with van der Waals surface area (Å²) >= 11 is 0. The summed E-state index contributed by atoms with van der Waals surface area (Å²) in [7, 11) is 0. The van der Waals surface area contributed by atoms with Crippen molar-refractivity contribution < 1.29 is 14.4 Å². The number of anilines is 1. The number of imide groups is 1. The standard InChI is InChI=1S/C46H47N5O3/c1-30-7-14-40-35(25-30)11-15-39(32-5-3-2-4-6-32)44(40)33-8-12-38(13-9-33)49-22-19-31(20-23-49)21-24-50-28-37(27-47-50)34-10-16-41-36(26-34)29-51(46(41)54)42-17-18-43(52)48-45(42)53/h2-10,12-14,16,25-28,31,39,42,44H,11,15,17-24,29H2,1H3,(H,48,52,53)/t39-,42?,44+/m1/s1. The van der Waals surface area contributed by atoms with Crippen molar-refractivity contribution in [3.05, 3.63) is 142 Å². The van der Waals surface area contributed by atoms with Gasteiger partial charge in [-0.25, -0.2) is 0 Å². The number of rotatable bonds is 8. The average Bonchev–Trinajstić information content (AvgIpc) is 3.81. The van der Waals surface area contributed by atoms with Gasteiger partial charge in [-0.1, -0.05) is 72.3 Å². The highest BCUT2D eigenvalue weighted by Gasteiger charge is 2.39. The quantitative estimate of drug-likeness (QED) is 0.166. The topological polar surface area (TPSA) is 87.5 Å². The van der Waals surface area contributed by atoms with Crippen LogP contribution in [-0.2, 0) is 29.1 Å². The van der Waals surface area contributed by atoms with Gasteiger partial charge in [-0.3, -0.25) is 24.4 Å². The number of aromatic nitrogens is 2. The summed E-state index contributed by atoms with van der Waals surface area (Å²) < 4.78 is 2.04. The number of piperidine rings is 2. The summed E-state index contributed by atoms with van der Waals surface area (Å²) in [4.78, 5) is 41.3. The summed E-state index contributed by atoms with van der Waals surface area (Å²) in [6.45, 7) is 5.58. The van der Waals surface area contributed by atoms with Crippen LogP contribution in [0.3, 0.4) is 0 Å². The molecular weight excluding hydrogens is 671 g/mol. The average molecular weight is 718 g/mol. The van der Waals surface area contributed by atoms with Crippen molar-refractivity contribution >= 4 is 23.4 Å². The number of nitrogens with zero attached hydrogens (tertiary/aromatic N) is 4. The Morgan fingerprint density at radius 2 is 1.59 bits per heavy atom. The summed E-state index contributed by atoms with van der Waals surface area (Å²) in [6, 6.07) is 32.9. The molecule has 0 saturated carbocycles. The van der Waals surface area contributed by atoms with E-state index in [-0.39, 0.29) is 24.1 Å². The molecule has 54 heavy (non-hydrogen) atoms. The molecule has 4 aliphatic rings. The van der Waals surface area contributed by atoms with E-state index >= 15 is 0 Å². The molecule has 3 aliphatic heterocycles. The molecule has 274 valence electrons. The van der Waals surface area contributed by atoms with Gasteiger partial charge in [0.05, 0.1) is 6.20 Å². The molecule has 8 heteroatoms. The number of carbonyl (C=O) groups is 3. The highest BCUT2D eigenvalue weighted by Crippen LogP contribution is 2.47. The Bertz CT molecular complexity index is 2200. The van der Waals surface area contributed by atoms with E-state index in [1.54, 1.807) is 4.90 Å². The maximum absolute atomic E-state index is 13.1. The molecule has 5 aromatic rings. The molecule has 0 radical (unpaired) electrons. The number of hydrogen-bond donors (Lipinski definition) is 1. The van der Waals surface area contributed by atoms with Crippen LogP contribution in [-0.4, -0.2) is 51.5 Å². The van der Waals surface area contributed by atoms with E-state index in [4.69, 9.17) is 0 Å². The number of hydrogen-bond acceptors (Lipinski definition) is 5. The molecule has 1 N–H and O–H groups in total. The van der Waals surface area contributed by atoms with Crippen LogP contribution < -0.4 is 10.2 Å². The number of nitrogens with one attached hydrogen (secondary N) is 1. The maximum atomic E-state index is 13.1. The summed E-state index contributed by atoms with van der Waals surface area (Å²) in [6.07, 6.45) is 10.3. The van der Waals surface area contributed by atoms with E-state index in [2.05, 4.69) is 101 Å². The van der Waals surface area contributed by atoms with Crippen molar-refractivity contribution in [3.63, 3.8) is 0 Å². The lowest BCUT2D eigenvalue weighted by Gasteiger charge is -2.36. The van der Waals surface area contributed by atoms with Gasteiger partial charge in [-0.2, -0.15) is 5.10 Å². The maximum Gasteiger partial charge on any atom is 0.255 e. The van der Waals surface area contributed by atoms with Gasteiger partial charge in [0.25, 0.3) is 5.91 Å². The second-order valence-electron chi connectivity index (χ2n) is 15.8. The molecule has 3 amide bonds. The van der Waals surface area contributed by atoms with Crippen LogP contribution in [0.4, 0.5) is 5.69 Å². The van der Waals surface area contributed by atoms with Crippen LogP contribution in [0.2, 0.25) is 0 Å². The first-order valence-electron chi connectivity index (χ1n) is 19.7. The minimum atomic E-state index is -0.607. The van der Waals surface area contributed by atoms with E-state index in [0.29, 0.717) is 36.3 Å². The first kappa shape index (κ1) is 34.3. The lowest BCUT2D eigenvalue weighted by Crippen LogP contribution is -2.52. The number of amides is 3. The van der Waals surface area contributed by atoms with Crippen LogP contribution in [0.5, 0.6) is 0 Å². The van der Waals surface area contributed by atoms with E-state index in [0.717, 1.165) is 49.2 Å². The van der Waals surface area contributed by atoms with Gasteiger partial charge >= 0.3 is 0 Å². The molecule has 1 aromatic heterocycles. The number of aryl methyl sites for hydroxylation is 3. The summed E-state index contributed by atoms with van der Waals surface area (Å²) in [5, 5.41) is 7.06. The van der Waals surface area contributed by atoms with Crippen LogP contribution in [0, 0.1) is 12.8 Å². The van der Waals surface area contributed by atoms with Crippen molar-refractivity contribution in [2.24, 2.45) is 5.92 Å². The molecular formula is C46H47N5O3. The normalized spacial score (nSPS) is 21.6. The Morgan fingerprint density at radius 1 is 0.778 bits per heavy atom. The monoisotopic (exact) mass is 717 g/mol. The van der Waals surface area contributed by atoms with E-state index in [1.165, 1.54) is 52.8 Å². The number of benzene rings is 4. The first-order chi connectivity index (χ1) is 26.4. The predicted molar refractivity (Wildman–Crippen MR) is 210 cm³/mol. The zero-order valence-corrected chi connectivity index (χ0v) is 30.9. The molecule has 2 saturated heterocycles. The second kappa shape index (κ2) is 14.4. The fraction of sp³-hybridized carbons (Fsp3) is 0.348. The molecule has 0 spiro atoms. The van der Waals surface area contributed by atoms with Gasteiger partial charge in [0.2, 0.25) is 11.8 Å². The van der Waals surface area contributed by atoms with E-state index in [9.17, 15) is 14.4 Å². The number of fused-ring (bicyclic) bond motifs is 2. The molecule has 9 rings (SSSR count). The van der Waals surface area contributed by atoms with Gasteiger partial charge in [0.1, 0.15) is 6.04 Å². The highest BCUT2D eigenvalue weighted by molar-refractivity contribution is 6.05. The Kier molecular flexibility index (Phi) is 9.13. The van der Waals surface area contributed by atoms with Gasteiger partial charge in [0.15, 0.2) is 0 Å². The fourth-order valence-electron chi connectivity index (χ4n) is 9.50. The van der Waals surface area contributed by atoms with Crippen LogP contribution >= 0.6 is 0 Å². The third-order valence-corrected chi connectivity index (χ3v) is 12.5. The third kappa shape index (κ3) is 6.63. The van der Waals surface area contributed by atoms with Gasteiger partial charge in [-0.05, 0) is 115 Å². The third-order valence-electron chi connectivity index (χ3n) is 12.5. The van der Waals surface area contributed by atoms with Crippen LogP contribution in [0.1, 0.15) is 94.1 Å². The molecule has 4 aromatic carbocycles. The molecule has 2 fully saturated rings. The Balaban J connectivity index is 0.805. The predicted octanol–water partition coefficient (Wildman–Crippen LogP) is 7.79. The molecule has 4 heterocycles. The van der Waals surface area contributed by atoms with Crippen molar-refractivity contribution in [3.8, 4) is 11.1 Å². The largest absolute Gasteiger partial charge is 0.372 e. The lowest BCUT2D eigenvalue weighted by atomic mass is 9.69. The SMILES string of the molecule is Cc1ccc2c(c1)CC[C@H](c1ccccc1)[C@@H]2c1ccc(N2CCC(CCn3cc(-c4ccc5c(c4)CN(C4CCC(=O)NC4=O)C5=O)cn3)CC2)cc1. The Labute approximate surface area is 317 Å². The highest BCUT2D eigenvalue weighted by atomic mass is 16.2. The first-order valence-corrected chi connectivity index (χ1v) is 19.7. The van der Waals surface area contributed by atoms with Gasteiger partial charge < -0.3 is 9.80 Å². The molecule has 1 aliphatic carbocycles. The van der Waals surface area contributed by atoms with Crippen molar-refractivity contribution in [2.75, 3.05) is 18.0 Å². The summed E-state index contributed by atoms with van der Waals surface area (Å²) in [5.41, 5.74) is 12.1. The van der Waals surface area contributed by atoms with Crippen LogP contribution in [0.25, 0.3) is 11.1 Å². The van der Waals surface area contributed by atoms with Crippen molar-refractivity contribution in [2.45, 2.75) is 82.8 Å². The van der Waals surface area contributed by atoms with Crippen molar-refractivity contribution in [1.82, 2.24) is 20.0 Å². The van der Waals surface area contributed by atoms with E-state index < -0.39 is 6.04 Å². The molecule has 8 nitrogen and oxygen atoms in total. The molecule has 0 bridgehead atoms.